The number of amides is 1. The molecule has 8 heteroatoms. The van der Waals surface area contributed by atoms with Crippen LogP contribution < -0.4 is 20.1 Å². The van der Waals surface area contributed by atoms with Gasteiger partial charge in [-0.1, -0.05) is 17.7 Å². The average Bonchev–Trinajstić information content (AvgIpc) is 2.55. The molecule has 0 fully saturated rings. The minimum atomic E-state index is -0.535. The first-order valence-electron chi connectivity index (χ1n) is 6.74. The van der Waals surface area contributed by atoms with E-state index in [4.69, 9.17) is 33.3 Å². The lowest BCUT2D eigenvalue weighted by Crippen LogP contribution is -2.34. The maximum atomic E-state index is 13.2. The molecule has 0 aliphatic carbocycles. The number of hydrogen-bond acceptors (Lipinski definition) is 4. The molecule has 24 heavy (non-hydrogen) atoms. The molecule has 2 N–H and O–H groups in total. The van der Waals surface area contributed by atoms with Gasteiger partial charge in [-0.15, -0.1) is 0 Å². The summed E-state index contributed by atoms with van der Waals surface area (Å²) in [6.45, 7) is 0. The first-order valence-corrected chi connectivity index (χ1v) is 7.52. The molecular formula is C16H14ClFN2O3S. The maximum absolute atomic E-state index is 13.2. The summed E-state index contributed by atoms with van der Waals surface area (Å²) < 4.78 is 23.5. The van der Waals surface area contributed by atoms with Crippen LogP contribution in [0.4, 0.5) is 10.1 Å². The Morgan fingerprint density at radius 2 is 1.88 bits per heavy atom. The Morgan fingerprint density at radius 1 is 1.17 bits per heavy atom. The Balaban J connectivity index is 2.13. The molecule has 0 spiro atoms. The molecular weight excluding hydrogens is 355 g/mol. The number of benzene rings is 2. The van der Waals surface area contributed by atoms with E-state index in [0.717, 1.165) is 6.07 Å². The van der Waals surface area contributed by atoms with Gasteiger partial charge in [-0.2, -0.15) is 0 Å². The summed E-state index contributed by atoms with van der Waals surface area (Å²) in [6, 6.07) is 8.42. The van der Waals surface area contributed by atoms with Crippen LogP contribution in [0.2, 0.25) is 5.02 Å². The van der Waals surface area contributed by atoms with Gasteiger partial charge < -0.3 is 14.8 Å². The van der Waals surface area contributed by atoms with Crippen LogP contribution >= 0.6 is 23.8 Å². The van der Waals surface area contributed by atoms with Gasteiger partial charge in [0.25, 0.3) is 5.91 Å². The molecule has 0 aromatic heterocycles. The predicted octanol–water partition coefficient (Wildman–Crippen LogP) is 3.62. The summed E-state index contributed by atoms with van der Waals surface area (Å²) in [4.78, 5) is 12.0. The van der Waals surface area contributed by atoms with Crippen molar-refractivity contribution in [2.75, 3.05) is 19.5 Å². The van der Waals surface area contributed by atoms with Gasteiger partial charge in [0.2, 0.25) is 0 Å². The van der Waals surface area contributed by atoms with E-state index in [1.54, 1.807) is 12.1 Å². The van der Waals surface area contributed by atoms with E-state index >= 15 is 0 Å². The Kier molecular flexibility index (Phi) is 5.94. The largest absolute Gasteiger partial charge is 0.495 e. The molecule has 0 aliphatic heterocycles. The zero-order chi connectivity index (χ0) is 17.7. The number of ether oxygens (including phenoxy) is 2. The lowest BCUT2D eigenvalue weighted by atomic mass is 10.2. The van der Waals surface area contributed by atoms with Crippen molar-refractivity contribution < 1.29 is 18.7 Å². The third kappa shape index (κ3) is 4.33. The van der Waals surface area contributed by atoms with Crippen LogP contribution in [0.3, 0.4) is 0 Å². The minimum Gasteiger partial charge on any atom is -0.495 e. The van der Waals surface area contributed by atoms with Crippen LogP contribution in [-0.4, -0.2) is 25.2 Å². The Bertz CT molecular complexity index is 786. The van der Waals surface area contributed by atoms with Crippen LogP contribution in [0.1, 0.15) is 10.4 Å². The van der Waals surface area contributed by atoms with E-state index in [1.807, 2.05) is 0 Å². The number of carbonyl (C=O) groups is 1. The molecule has 2 aromatic rings. The van der Waals surface area contributed by atoms with Crippen LogP contribution in [0, 0.1) is 5.82 Å². The van der Waals surface area contributed by atoms with Gasteiger partial charge in [-0.25, -0.2) is 4.39 Å². The number of hydrogen-bond donors (Lipinski definition) is 2. The maximum Gasteiger partial charge on any atom is 0.257 e. The van der Waals surface area contributed by atoms with Crippen molar-refractivity contribution in [3.05, 3.63) is 52.8 Å². The number of carbonyl (C=O) groups excluding carboxylic acids is 1. The third-order valence-electron chi connectivity index (χ3n) is 3.04. The summed E-state index contributed by atoms with van der Waals surface area (Å²) in [6.07, 6.45) is 0. The summed E-state index contributed by atoms with van der Waals surface area (Å²) in [7, 11) is 2.94. The molecule has 2 aromatic carbocycles. The zero-order valence-electron chi connectivity index (χ0n) is 12.9. The van der Waals surface area contributed by atoms with Crippen LogP contribution in [-0.2, 0) is 0 Å². The minimum absolute atomic E-state index is 0.0203. The lowest BCUT2D eigenvalue weighted by molar-refractivity contribution is 0.0977. The molecule has 126 valence electrons. The first-order chi connectivity index (χ1) is 11.4. The highest BCUT2D eigenvalue weighted by atomic mass is 35.5. The van der Waals surface area contributed by atoms with E-state index in [9.17, 15) is 9.18 Å². The molecule has 2 rings (SSSR count). The molecule has 0 bridgehead atoms. The molecule has 0 saturated heterocycles. The average molecular weight is 369 g/mol. The second kappa shape index (κ2) is 7.94. The van der Waals surface area contributed by atoms with E-state index in [0.29, 0.717) is 22.2 Å². The Labute approximate surface area is 148 Å². The molecule has 0 unspecified atom stereocenters. The standard InChI is InChI=1S/C16H14ClFN2O3S/c1-22-13-8-12(14(23-2)7-11(13)17)19-16(24)20-15(21)9-4-3-5-10(18)6-9/h3-8H,1-2H3,(H2,19,20,21,24). The monoisotopic (exact) mass is 368 g/mol. The van der Waals surface area contributed by atoms with E-state index in [2.05, 4.69) is 10.6 Å². The van der Waals surface area contributed by atoms with Crippen molar-refractivity contribution in [1.29, 1.82) is 0 Å². The quantitative estimate of drug-likeness (QED) is 0.807. The number of anilines is 1. The van der Waals surface area contributed by atoms with E-state index in [1.165, 1.54) is 32.4 Å². The van der Waals surface area contributed by atoms with Gasteiger partial charge in [0.1, 0.15) is 17.3 Å². The van der Waals surface area contributed by atoms with Gasteiger partial charge in [0.15, 0.2) is 5.11 Å². The molecule has 0 heterocycles. The lowest BCUT2D eigenvalue weighted by Gasteiger charge is -2.15. The molecule has 0 radical (unpaired) electrons. The first kappa shape index (κ1) is 18.0. The van der Waals surface area contributed by atoms with Gasteiger partial charge >= 0.3 is 0 Å². The topological polar surface area (TPSA) is 59.6 Å². The summed E-state index contributed by atoms with van der Waals surface area (Å²) in [5, 5.41) is 5.67. The van der Waals surface area contributed by atoms with E-state index < -0.39 is 11.7 Å². The Hall–Kier alpha value is -2.38. The molecule has 5 nitrogen and oxygen atoms in total. The highest BCUT2D eigenvalue weighted by Gasteiger charge is 2.13. The number of halogens is 2. The molecule has 0 atom stereocenters. The van der Waals surface area contributed by atoms with Crippen LogP contribution in [0.25, 0.3) is 0 Å². The normalized spacial score (nSPS) is 10.0. The number of thiocarbonyl (C=S) groups is 1. The summed E-state index contributed by atoms with van der Waals surface area (Å²) in [5.41, 5.74) is 0.614. The summed E-state index contributed by atoms with van der Waals surface area (Å²) in [5.74, 6) is -0.208. The van der Waals surface area contributed by atoms with Crippen molar-refractivity contribution >= 4 is 40.5 Å². The van der Waals surface area contributed by atoms with Crippen LogP contribution in [0.15, 0.2) is 36.4 Å². The smallest absolute Gasteiger partial charge is 0.257 e. The van der Waals surface area contributed by atoms with Crippen molar-refractivity contribution in [1.82, 2.24) is 5.32 Å². The van der Waals surface area contributed by atoms with Crippen molar-refractivity contribution in [2.24, 2.45) is 0 Å². The fourth-order valence-corrected chi connectivity index (χ4v) is 2.35. The van der Waals surface area contributed by atoms with Crippen molar-refractivity contribution in [3.8, 4) is 11.5 Å². The number of nitrogens with one attached hydrogen (secondary N) is 2. The zero-order valence-corrected chi connectivity index (χ0v) is 14.4. The van der Waals surface area contributed by atoms with E-state index in [-0.39, 0.29) is 10.7 Å². The summed E-state index contributed by atoms with van der Waals surface area (Å²) >= 11 is 11.1. The van der Waals surface area contributed by atoms with Gasteiger partial charge in [0, 0.05) is 17.7 Å². The highest BCUT2D eigenvalue weighted by molar-refractivity contribution is 7.80. The fraction of sp³-hybridized carbons (Fsp3) is 0.125. The third-order valence-corrected chi connectivity index (χ3v) is 3.54. The van der Waals surface area contributed by atoms with Gasteiger partial charge in [0.05, 0.1) is 24.9 Å². The second-order valence-electron chi connectivity index (χ2n) is 4.61. The van der Waals surface area contributed by atoms with Crippen molar-refractivity contribution in [2.45, 2.75) is 0 Å². The van der Waals surface area contributed by atoms with Crippen LogP contribution in [0.5, 0.6) is 11.5 Å². The SMILES string of the molecule is COc1cc(NC(=S)NC(=O)c2cccc(F)c2)c(OC)cc1Cl. The van der Waals surface area contributed by atoms with Gasteiger partial charge in [-0.05, 0) is 30.4 Å². The molecule has 0 aliphatic rings. The van der Waals surface area contributed by atoms with Gasteiger partial charge in [-0.3, -0.25) is 10.1 Å². The molecule has 0 saturated carbocycles. The molecule has 1 amide bonds. The van der Waals surface area contributed by atoms with Crippen molar-refractivity contribution in [3.63, 3.8) is 0 Å². The Morgan fingerprint density at radius 3 is 2.50 bits per heavy atom. The predicted molar refractivity (Wildman–Crippen MR) is 94.6 cm³/mol. The number of rotatable bonds is 4. The second-order valence-corrected chi connectivity index (χ2v) is 5.42. The number of methoxy groups -OCH3 is 2. The fourth-order valence-electron chi connectivity index (χ4n) is 1.92. The highest BCUT2D eigenvalue weighted by Crippen LogP contribution is 2.35.